The zero-order valence-corrected chi connectivity index (χ0v) is 13.6. The van der Waals surface area contributed by atoms with Gasteiger partial charge in [0.2, 0.25) is 5.91 Å². The molecule has 3 heterocycles. The lowest BCUT2D eigenvalue weighted by Gasteiger charge is -2.25. The highest BCUT2D eigenvalue weighted by atomic mass is 16.6. The number of aromatic nitrogens is 4. The Labute approximate surface area is 144 Å². The maximum absolute atomic E-state index is 12.0. The normalized spacial score (nSPS) is 16.8. The summed E-state index contributed by atoms with van der Waals surface area (Å²) in [5, 5.41) is 25.4. The molecule has 0 aromatic carbocycles. The van der Waals surface area contributed by atoms with Crippen LogP contribution in [-0.4, -0.2) is 49.9 Å². The summed E-state index contributed by atoms with van der Waals surface area (Å²) in [5.41, 5.74) is -0.0778. The van der Waals surface area contributed by atoms with E-state index in [1.54, 1.807) is 6.20 Å². The van der Waals surface area contributed by atoms with Crippen molar-refractivity contribution in [1.29, 1.82) is 0 Å². The highest BCUT2D eigenvalue weighted by molar-refractivity contribution is 5.75. The van der Waals surface area contributed by atoms with Crippen molar-refractivity contribution in [3.63, 3.8) is 0 Å². The van der Waals surface area contributed by atoms with E-state index < -0.39 is 4.92 Å². The van der Waals surface area contributed by atoms with Gasteiger partial charge in [-0.3, -0.25) is 19.6 Å². The van der Waals surface area contributed by atoms with Crippen molar-refractivity contribution in [1.82, 2.24) is 25.3 Å². The maximum Gasteiger partial charge on any atom is 0.306 e. The lowest BCUT2D eigenvalue weighted by Crippen LogP contribution is -2.40. The third kappa shape index (κ3) is 4.28. The van der Waals surface area contributed by atoms with Crippen LogP contribution in [0.1, 0.15) is 19.3 Å². The molecule has 0 aliphatic carbocycles. The number of aryl methyl sites for hydroxylation is 1. The van der Waals surface area contributed by atoms with Crippen LogP contribution >= 0.6 is 0 Å². The van der Waals surface area contributed by atoms with Gasteiger partial charge >= 0.3 is 5.69 Å². The van der Waals surface area contributed by atoms with Gasteiger partial charge in [0.25, 0.3) is 0 Å². The minimum atomic E-state index is -0.509. The molecular weight excluding hydrogens is 326 g/mol. The number of carbonyl (C=O) groups is 1. The summed E-state index contributed by atoms with van der Waals surface area (Å²) in [6.07, 6.45) is 6.39. The van der Waals surface area contributed by atoms with Crippen molar-refractivity contribution < 1.29 is 9.72 Å². The molecule has 1 aliphatic rings. The summed E-state index contributed by atoms with van der Waals surface area (Å²) in [6.45, 7) is 1.74. The molecular formula is C15H19N7O3. The second kappa shape index (κ2) is 7.69. The van der Waals surface area contributed by atoms with Crippen LogP contribution in [0.15, 0.2) is 30.7 Å². The summed E-state index contributed by atoms with van der Waals surface area (Å²) in [5.74, 6) is 0.715. The van der Waals surface area contributed by atoms with Gasteiger partial charge in [-0.2, -0.15) is 10.2 Å². The Morgan fingerprint density at radius 1 is 1.48 bits per heavy atom. The Kier molecular flexibility index (Phi) is 5.17. The number of hydrogen-bond acceptors (Lipinski definition) is 7. The molecule has 25 heavy (non-hydrogen) atoms. The van der Waals surface area contributed by atoms with Crippen LogP contribution in [0.3, 0.4) is 0 Å². The van der Waals surface area contributed by atoms with Gasteiger partial charge in [0.1, 0.15) is 12.4 Å². The van der Waals surface area contributed by atoms with Crippen molar-refractivity contribution >= 4 is 17.4 Å². The van der Waals surface area contributed by atoms with Gasteiger partial charge in [-0.25, -0.2) is 0 Å². The van der Waals surface area contributed by atoms with E-state index in [-0.39, 0.29) is 24.1 Å². The summed E-state index contributed by atoms with van der Waals surface area (Å²) in [4.78, 5) is 24.3. The average molecular weight is 345 g/mol. The molecule has 0 spiro atoms. The third-order valence-corrected chi connectivity index (χ3v) is 4.16. The topological polar surface area (TPSA) is 119 Å². The highest BCUT2D eigenvalue weighted by Crippen LogP contribution is 2.22. The van der Waals surface area contributed by atoms with Gasteiger partial charge in [-0.15, -0.1) is 5.10 Å². The summed E-state index contributed by atoms with van der Waals surface area (Å²) in [6, 6.07) is 3.96. The number of nitrogens with zero attached hydrogens (tertiary/aromatic N) is 6. The first-order valence-corrected chi connectivity index (χ1v) is 8.11. The Morgan fingerprint density at radius 2 is 2.36 bits per heavy atom. The number of carbonyl (C=O) groups excluding carboxylic acids is 1. The van der Waals surface area contributed by atoms with Crippen LogP contribution < -0.4 is 10.2 Å². The second-order valence-corrected chi connectivity index (χ2v) is 5.84. The van der Waals surface area contributed by atoms with E-state index in [2.05, 4.69) is 25.5 Å². The molecule has 2 aromatic rings. The molecule has 3 rings (SSSR count). The zero-order chi connectivity index (χ0) is 17.6. The van der Waals surface area contributed by atoms with Gasteiger partial charge in [0.05, 0.1) is 4.92 Å². The van der Waals surface area contributed by atoms with Crippen LogP contribution in [0.4, 0.5) is 11.5 Å². The van der Waals surface area contributed by atoms with Crippen LogP contribution in [-0.2, 0) is 11.3 Å². The third-order valence-electron chi connectivity index (χ3n) is 4.16. The maximum atomic E-state index is 12.0. The molecule has 2 aromatic heterocycles. The predicted octanol–water partition coefficient (Wildman–Crippen LogP) is 0.757. The molecule has 0 bridgehead atoms. The van der Waals surface area contributed by atoms with Crippen molar-refractivity contribution in [2.45, 2.75) is 31.8 Å². The highest BCUT2D eigenvalue weighted by Gasteiger charge is 2.26. The quantitative estimate of drug-likeness (QED) is 0.581. The molecule has 1 amide bonds. The monoisotopic (exact) mass is 345 g/mol. The largest absolute Gasteiger partial charge is 0.354 e. The fraction of sp³-hybridized carbons (Fsp3) is 0.467. The van der Waals surface area contributed by atoms with E-state index in [1.807, 2.05) is 12.1 Å². The molecule has 10 nitrogen and oxygen atoms in total. The number of nitrogens with one attached hydrogen (secondary N) is 1. The molecule has 1 aliphatic heterocycles. The summed E-state index contributed by atoms with van der Waals surface area (Å²) in [7, 11) is 0. The number of hydrogen-bond donors (Lipinski definition) is 1. The van der Waals surface area contributed by atoms with Crippen molar-refractivity contribution in [2.75, 3.05) is 18.0 Å². The van der Waals surface area contributed by atoms with E-state index in [0.29, 0.717) is 13.1 Å². The van der Waals surface area contributed by atoms with Crippen LogP contribution in [0, 0.1) is 10.1 Å². The number of rotatable bonds is 7. The fourth-order valence-electron chi connectivity index (χ4n) is 2.90. The van der Waals surface area contributed by atoms with E-state index >= 15 is 0 Å². The lowest BCUT2D eigenvalue weighted by molar-refractivity contribution is -0.385. The Morgan fingerprint density at radius 3 is 3.08 bits per heavy atom. The van der Waals surface area contributed by atoms with E-state index in [9.17, 15) is 14.9 Å². The smallest absolute Gasteiger partial charge is 0.306 e. The Balaban J connectivity index is 1.46. The van der Waals surface area contributed by atoms with E-state index in [4.69, 9.17) is 0 Å². The van der Waals surface area contributed by atoms with E-state index in [0.717, 1.165) is 25.2 Å². The molecule has 1 atom stereocenters. The van der Waals surface area contributed by atoms with Gasteiger partial charge in [0, 0.05) is 38.3 Å². The van der Waals surface area contributed by atoms with Gasteiger partial charge < -0.3 is 10.2 Å². The first kappa shape index (κ1) is 16.8. The molecule has 132 valence electrons. The van der Waals surface area contributed by atoms with Gasteiger partial charge in [-0.05, 0) is 25.0 Å². The van der Waals surface area contributed by atoms with Crippen molar-refractivity contribution in [3.05, 3.63) is 40.8 Å². The lowest BCUT2D eigenvalue weighted by atomic mass is 10.2. The molecule has 1 fully saturated rings. The van der Waals surface area contributed by atoms with Crippen molar-refractivity contribution in [2.24, 2.45) is 0 Å². The van der Waals surface area contributed by atoms with Crippen LogP contribution in [0.25, 0.3) is 0 Å². The Hall–Kier alpha value is -3.04. The number of amides is 1. The minimum absolute atomic E-state index is 0.0778. The first-order chi connectivity index (χ1) is 12.1. The van der Waals surface area contributed by atoms with Gasteiger partial charge in [-0.1, -0.05) is 0 Å². The first-order valence-electron chi connectivity index (χ1n) is 8.11. The van der Waals surface area contributed by atoms with Gasteiger partial charge in [0.15, 0.2) is 5.82 Å². The SMILES string of the molecule is O=C(CCn1cc([N+](=O)[O-])cn1)NC[C@@H]1CCCN1c1cccnn1. The zero-order valence-electron chi connectivity index (χ0n) is 13.6. The standard InChI is InChI=1S/C15H19N7O3/c23-15(5-8-20-11-13(10-18-20)22(24)25)16-9-12-3-2-7-21(12)14-4-1-6-17-19-14/h1,4,6,10-12H,2-3,5,7-9H2,(H,16,23)/t12-/m0/s1. The van der Waals surface area contributed by atoms with E-state index in [1.165, 1.54) is 17.1 Å². The minimum Gasteiger partial charge on any atom is -0.354 e. The molecule has 1 saturated heterocycles. The molecule has 0 radical (unpaired) electrons. The second-order valence-electron chi connectivity index (χ2n) is 5.84. The van der Waals surface area contributed by atoms with Crippen molar-refractivity contribution in [3.8, 4) is 0 Å². The average Bonchev–Trinajstić information content (AvgIpc) is 3.28. The molecule has 1 N–H and O–H groups in total. The predicted molar refractivity (Wildman–Crippen MR) is 88.9 cm³/mol. The van der Waals surface area contributed by atoms with Crippen LogP contribution in [0.2, 0.25) is 0 Å². The summed E-state index contributed by atoms with van der Waals surface area (Å²) >= 11 is 0. The molecule has 0 unspecified atom stereocenters. The molecule has 10 heteroatoms. The fourth-order valence-corrected chi connectivity index (χ4v) is 2.90. The summed E-state index contributed by atoms with van der Waals surface area (Å²) < 4.78 is 1.40. The number of anilines is 1. The Bertz CT molecular complexity index is 734. The molecule has 0 saturated carbocycles. The van der Waals surface area contributed by atoms with Crippen LogP contribution in [0.5, 0.6) is 0 Å². The number of nitro groups is 1.